The van der Waals surface area contributed by atoms with Gasteiger partial charge in [0, 0.05) is 12.6 Å². The van der Waals surface area contributed by atoms with Crippen LogP contribution in [0.15, 0.2) is 24.4 Å². The van der Waals surface area contributed by atoms with Crippen LogP contribution in [0.25, 0.3) is 5.52 Å². The fourth-order valence-electron chi connectivity index (χ4n) is 4.10. The van der Waals surface area contributed by atoms with E-state index in [-0.39, 0.29) is 18.1 Å². The summed E-state index contributed by atoms with van der Waals surface area (Å²) in [6.07, 6.45) is 3.05. The summed E-state index contributed by atoms with van der Waals surface area (Å²) < 4.78 is 7.60. The van der Waals surface area contributed by atoms with Gasteiger partial charge in [-0.2, -0.15) is 10.4 Å². The molecule has 1 N–H and O–H groups in total. The Bertz CT molecular complexity index is 896. The van der Waals surface area contributed by atoms with E-state index >= 15 is 0 Å². The van der Waals surface area contributed by atoms with E-state index in [4.69, 9.17) is 4.74 Å². The highest BCUT2D eigenvalue weighted by Crippen LogP contribution is 2.26. The molecule has 2 fully saturated rings. The van der Waals surface area contributed by atoms with Crippen LogP contribution in [0.4, 0.5) is 5.69 Å². The SMILES string of the molecule is CC1CN(c2ccc(C#N)n3nccc23)CC(C(=O)NC2CCN(C)CC2)O1. The average Bonchev–Trinajstić information content (AvgIpc) is 3.18. The second-order valence-electron chi connectivity index (χ2n) is 7.77. The molecule has 0 aliphatic carbocycles. The third-order valence-electron chi connectivity index (χ3n) is 5.61. The molecule has 0 spiro atoms. The number of amides is 1. The van der Waals surface area contributed by atoms with Crippen LogP contribution in [0.2, 0.25) is 0 Å². The van der Waals surface area contributed by atoms with Gasteiger partial charge in [0.05, 0.1) is 30.0 Å². The van der Waals surface area contributed by atoms with Gasteiger partial charge >= 0.3 is 0 Å². The Labute approximate surface area is 164 Å². The minimum atomic E-state index is -0.512. The van der Waals surface area contributed by atoms with Crippen LogP contribution in [0, 0.1) is 11.3 Å². The van der Waals surface area contributed by atoms with E-state index in [9.17, 15) is 10.1 Å². The standard InChI is InChI=1S/C20H26N6O2/c1-14-12-25(17-4-3-16(11-21)26-18(17)5-8-22-26)13-19(28-14)20(27)23-15-6-9-24(2)10-7-15/h3-5,8,14-15,19H,6-7,9-10,12-13H2,1-2H3,(H,23,27). The number of piperidine rings is 1. The zero-order valence-corrected chi connectivity index (χ0v) is 16.3. The molecule has 2 atom stereocenters. The molecule has 4 heterocycles. The number of fused-ring (bicyclic) bond motifs is 1. The van der Waals surface area contributed by atoms with Crippen LogP contribution >= 0.6 is 0 Å². The predicted molar refractivity (Wildman–Crippen MR) is 105 cm³/mol. The summed E-state index contributed by atoms with van der Waals surface area (Å²) in [5, 5.41) is 16.7. The Morgan fingerprint density at radius 3 is 2.82 bits per heavy atom. The summed E-state index contributed by atoms with van der Waals surface area (Å²) in [4.78, 5) is 17.3. The molecular weight excluding hydrogens is 356 g/mol. The van der Waals surface area contributed by atoms with Crippen molar-refractivity contribution in [3.8, 4) is 6.07 Å². The molecule has 2 aromatic heterocycles. The monoisotopic (exact) mass is 382 g/mol. The van der Waals surface area contributed by atoms with E-state index < -0.39 is 6.10 Å². The molecule has 2 aliphatic rings. The molecule has 2 aromatic rings. The van der Waals surface area contributed by atoms with Crippen LogP contribution in [0.5, 0.6) is 0 Å². The zero-order chi connectivity index (χ0) is 19.7. The fraction of sp³-hybridized carbons (Fsp3) is 0.550. The second kappa shape index (κ2) is 7.78. The van der Waals surface area contributed by atoms with E-state index in [1.807, 2.05) is 19.1 Å². The number of morpholine rings is 1. The van der Waals surface area contributed by atoms with Gasteiger partial charge in [-0.3, -0.25) is 4.79 Å². The first kappa shape index (κ1) is 18.7. The van der Waals surface area contributed by atoms with Gasteiger partial charge in [-0.15, -0.1) is 0 Å². The van der Waals surface area contributed by atoms with Gasteiger partial charge in [-0.05, 0) is 58.1 Å². The Morgan fingerprint density at radius 2 is 2.07 bits per heavy atom. The Hall–Kier alpha value is -2.63. The number of ether oxygens (including phenoxy) is 1. The molecule has 148 valence electrons. The van der Waals surface area contributed by atoms with Gasteiger partial charge in [0.1, 0.15) is 11.8 Å². The maximum absolute atomic E-state index is 12.8. The quantitative estimate of drug-likeness (QED) is 0.853. The number of nitriles is 1. The molecule has 8 nitrogen and oxygen atoms in total. The Balaban J connectivity index is 1.50. The van der Waals surface area contributed by atoms with Gasteiger partial charge in [-0.1, -0.05) is 0 Å². The van der Waals surface area contributed by atoms with Crippen molar-refractivity contribution in [1.29, 1.82) is 5.26 Å². The fourth-order valence-corrected chi connectivity index (χ4v) is 4.10. The van der Waals surface area contributed by atoms with Gasteiger partial charge in [-0.25, -0.2) is 4.52 Å². The normalized spacial score (nSPS) is 24.2. The molecule has 0 radical (unpaired) electrons. The zero-order valence-electron chi connectivity index (χ0n) is 16.3. The molecule has 0 aromatic carbocycles. The largest absolute Gasteiger partial charge is 0.364 e. The number of aromatic nitrogens is 2. The van der Waals surface area contributed by atoms with Crippen LogP contribution in [-0.2, 0) is 9.53 Å². The van der Waals surface area contributed by atoms with E-state index in [0.717, 1.165) is 37.1 Å². The van der Waals surface area contributed by atoms with Crippen LogP contribution in [0.1, 0.15) is 25.5 Å². The number of nitrogens with one attached hydrogen (secondary N) is 1. The lowest BCUT2D eigenvalue weighted by Crippen LogP contribution is -2.55. The van der Waals surface area contributed by atoms with Crippen molar-refractivity contribution in [3.05, 3.63) is 30.1 Å². The van der Waals surface area contributed by atoms with Gasteiger partial charge < -0.3 is 19.9 Å². The Kier molecular flexibility index (Phi) is 5.20. The van der Waals surface area contributed by atoms with E-state index in [1.165, 1.54) is 0 Å². The number of hydrogen-bond acceptors (Lipinski definition) is 6. The van der Waals surface area contributed by atoms with Crippen molar-refractivity contribution in [2.24, 2.45) is 0 Å². The summed E-state index contributed by atoms with van der Waals surface area (Å²) in [5.74, 6) is -0.0377. The third kappa shape index (κ3) is 3.68. The maximum atomic E-state index is 12.8. The highest BCUT2D eigenvalue weighted by molar-refractivity contribution is 5.83. The third-order valence-corrected chi connectivity index (χ3v) is 5.61. The molecule has 1 amide bonds. The molecule has 0 saturated carbocycles. The van der Waals surface area contributed by atoms with Crippen LogP contribution < -0.4 is 10.2 Å². The number of carbonyl (C=O) groups excluding carboxylic acids is 1. The van der Waals surface area contributed by atoms with E-state index in [2.05, 4.69) is 33.3 Å². The number of likely N-dealkylation sites (tertiary alicyclic amines) is 1. The van der Waals surface area contributed by atoms with E-state index in [0.29, 0.717) is 18.8 Å². The number of rotatable bonds is 3. The topological polar surface area (TPSA) is 85.9 Å². The van der Waals surface area contributed by atoms with Gasteiger partial charge in [0.2, 0.25) is 0 Å². The first-order valence-electron chi connectivity index (χ1n) is 9.81. The van der Waals surface area contributed by atoms with Crippen molar-refractivity contribution in [3.63, 3.8) is 0 Å². The lowest BCUT2D eigenvalue weighted by Gasteiger charge is -2.38. The first-order valence-corrected chi connectivity index (χ1v) is 9.81. The van der Waals surface area contributed by atoms with Crippen molar-refractivity contribution >= 4 is 17.1 Å². The van der Waals surface area contributed by atoms with Crippen LogP contribution in [-0.4, -0.2) is 71.9 Å². The van der Waals surface area contributed by atoms with Crippen molar-refractivity contribution in [1.82, 2.24) is 19.8 Å². The maximum Gasteiger partial charge on any atom is 0.251 e. The van der Waals surface area contributed by atoms with Crippen molar-refractivity contribution < 1.29 is 9.53 Å². The minimum absolute atomic E-state index is 0.0377. The summed E-state index contributed by atoms with van der Waals surface area (Å²) in [5.41, 5.74) is 2.31. The average molecular weight is 382 g/mol. The van der Waals surface area contributed by atoms with Gasteiger partial charge in [0.15, 0.2) is 6.10 Å². The second-order valence-corrected chi connectivity index (χ2v) is 7.77. The first-order chi connectivity index (χ1) is 13.5. The summed E-state index contributed by atoms with van der Waals surface area (Å²) in [6, 6.07) is 7.97. The molecule has 0 bridgehead atoms. The summed E-state index contributed by atoms with van der Waals surface area (Å²) in [7, 11) is 2.11. The molecule has 2 saturated heterocycles. The smallest absolute Gasteiger partial charge is 0.251 e. The Morgan fingerprint density at radius 1 is 1.29 bits per heavy atom. The number of carbonyl (C=O) groups is 1. The molecule has 2 aliphatic heterocycles. The number of nitrogens with zero attached hydrogens (tertiary/aromatic N) is 5. The summed E-state index contributed by atoms with van der Waals surface area (Å²) in [6.45, 7) is 5.16. The molecule has 28 heavy (non-hydrogen) atoms. The number of anilines is 1. The van der Waals surface area contributed by atoms with Crippen LogP contribution in [0.3, 0.4) is 0 Å². The molecular formula is C20H26N6O2. The lowest BCUT2D eigenvalue weighted by atomic mass is 10.0. The minimum Gasteiger partial charge on any atom is -0.364 e. The van der Waals surface area contributed by atoms with Gasteiger partial charge in [0.25, 0.3) is 5.91 Å². The predicted octanol–water partition coefficient (Wildman–Crippen LogP) is 1.01. The van der Waals surface area contributed by atoms with Crippen molar-refractivity contribution in [2.75, 3.05) is 38.1 Å². The van der Waals surface area contributed by atoms with Crippen molar-refractivity contribution in [2.45, 2.75) is 38.0 Å². The molecule has 8 heteroatoms. The highest BCUT2D eigenvalue weighted by Gasteiger charge is 2.33. The summed E-state index contributed by atoms with van der Waals surface area (Å²) >= 11 is 0. The molecule has 4 rings (SSSR count). The number of pyridine rings is 1. The molecule has 2 unspecified atom stereocenters. The highest BCUT2D eigenvalue weighted by atomic mass is 16.5. The lowest BCUT2D eigenvalue weighted by molar-refractivity contribution is -0.138. The number of hydrogen-bond donors (Lipinski definition) is 1. The van der Waals surface area contributed by atoms with E-state index in [1.54, 1.807) is 16.8 Å².